The molecule has 1 atom stereocenters. The highest BCUT2D eigenvalue weighted by atomic mass is 19.4. The molecule has 8 heteroatoms. The zero-order valence-corrected chi connectivity index (χ0v) is 16.0. The third-order valence-electron chi connectivity index (χ3n) is 4.70. The zero-order chi connectivity index (χ0) is 21.7. The fourth-order valence-electron chi connectivity index (χ4n) is 2.95. The van der Waals surface area contributed by atoms with Gasteiger partial charge in [0.1, 0.15) is 12.6 Å². The highest BCUT2D eigenvalue weighted by molar-refractivity contribution is 6.06. The van der Waals surface area contributed by atoms with Crippen LogP contribution in [0.15, 0.2) is 60.7 Å². The van der Waals surface area contributed by atoms with Crippen LogP contribution in [0, 0.1) is 5.92 Å². The van der Waals surface area contributed by atoms with Crippen molar-refractivity contribution in [2.75, 3.05) is 0 Å². The van der Waals surface area contributed by atoms with Crippen molar-refractivity contribution < 1.29 is 32.3 Å². The molecule has 1 fully saturated rings. The van der Waals surface area contributed by atoms with Crippen LogP contribution in [0.5, 0.6) is 0 Å². The first-order valence-corrected chi connectivity index (χ1v) is 9.46. The molecule has 158 valence electrons. The standard InChI is InChI=1S/C22H20F3NO4/c23-22(24,25)18(13-19(27)30-14-15-7-3-1-4-8-15)26(21(29)17-11-12-17)20(28)16-9-5-2-6-10-16/h1-10,17-18H,11-14H2. The second-order valence-electron chi connectivity index (χ2n) is 7.06. The summed E-state index contributed by atoms with van der Waals surface area (Å²) >= 11 is 0. The molecule has 0 aromatic heterocycles. The van der Waals surface area contributed by atoms with Crippen LogP contribution < -0.4 is 0 Å². The first-order valence-electron chi connectivity index (χ1n) is 9.46. The molecular weight excluding hydrogens is 399 g/mol. The van der Waals surface area contributed by atoms with E-state index in [1.54, 1.807) is 36.4 Å². The van der Waals surface area contributed by atoms with Crippen molar-refractivity contribution in [3.8, 4) is 0 Å². The lowest BCUT2D eigenvalue weighted by atomic mass is 10.1. The topological polar surface area (TPSA) is 63.7 Å². The van der Waals surface area contributed by atoms with Gasteiger partial charge in [-0.25, -0.2) is 0 Å². The number of ether oxygens (including phenoxy) is 1. The average molecular weight is 419 g/mol. The maximum absolute atomic E-state index is 13.9. The summed E-state index contributed by atoms with van der Waals surface area (Å²) in [6, 6.07) is 13.1. The van der Waals surface area contributed by atoms with Crippen LogP contribution in [-0.2, 0) is 20.9 Å². The Morgan fingerprint density at radius 1 is 0.967 bits per heavy atom. The molecule has 1 saturated carbocycles. The van der Waals surface area contributed by atoms with Gasteiger partial charge in [-0.3, -0.25) is 19.3 Å². The van der Waals surface area contributed by atoms with Gasteiger partial charge in [-0.1, -0.05) is 48.5 Å². The largest absolute Gasteiger partial charge is 0.461 e. The lowest BCUT2D eigenvalue weighted by Crippen LogP contribution is -2.53. The van der Waals surface area contributed by atoms with Crippen molar-refractivity contribution >= 4 is 17.8 Å². The highest BCUT2D eigenvalue weighted by Gasteiger charge is 2.51. The van der Waals surface area contributed by atoms with Crippen LogP contribution in [0.4, 0.5) is 13.2 Å². The average Bonchev–Trinajstić information content (AvgIpc) is 3.57. The van der Waals surface area contributed by atoms with Gasteiger partial charge in [0.25, 0.3) is 5.91 Å². The van der Waals surface area contributed by atoms with Crippen molar-refractivity contribution in [1.82, 2.24) is 4.90 Å². The zero-order valence-electron chi connectivity index (χ0n) is 16.0. The third-order valence-corrected chi connectivity index (χ3v) is 4.70. The number of amides is 2. The van der Waals surface area contributed by atoms with Crippen molar-refractivity contribution in [3.63, 3.8) is 0 Å². The minimum Gasteiger partial charge on any atom is -0.461 e. The second-order valence-corrected chi connectivity index (χ2v) is 7.06. The Morgan fingerprint density at radius 3 is 2.07 bits per heavy atom. The molecule has 30 heavy (non-hydrogen) atoms. The van der Waals surface area contributed by atoms with Crippen molar-refractivity contribution in [2.24, 2.45) is 5.92 Å². The maximum atomic E-state index is 13.9. The van der Waals surface area contributed by atoms with Gasteiger partial charge in [0.2, 0.25) is 5.91 Å². The molecule has 3 rings (SSSR count). The van der Waals surface area contributed by atoms with E-state index in [-0.39, 0.29) is 17.1 Å². The Bertz CT molecular complexity index is 896. The highest BCUT2D eigenvalue weighted by Crippen LogP contribution is 2.36. The van der Waals surface area contributed by atoms with Gasteiger partial charge in [0, 0.05) is 11.5 Å². The SMILES string of the molecule is O=C(CC(N(C(=O)c1ccccc1)C(=O)C1CC1)C(F)(F)F)OCc1ccccc1. The van der Waals surface area contributed by atoms with E-state index in [4.69, 9.17) is 4.74 Å². The lowest BCUT2D eigenvalue weighted by molar-refractivity contribution is -0.190. The maximum Gasteiger partial charge on any atom is 0.409 e. The molecule has 1 unspecified atom stereocenters. The van der Waals surface area contributed by atoms with E-state index in [1.165, 1.54) is 24.3 Å². The van der Waals surface area contributed by atoms with Crippen LogP contribution >= 0.6 is 0 Å². The van der Waals surface area contributed by atoms with E-state index in [1.807, 2.05) is 0 Å². The number of benzene rings is 2. The summed E-state index contributed by atoms with van der Waals surface area (Å²) in [6.07, 6.45) is -5.31. The number of imide groups is 1. The Balaban J connectivity index is 1.81. The fourth-order valence-corrected chi connectivity index (χ4v) is 2.95. The minimum absolute atomic E-state index is 0.0570. The predicted molar refractivity (Wildman–Crippen MR) is 101 cm³/mol. The van der Waals surface area contributed by atoms with E-state index in [9.17, 15) is 27.6 Å². The van der Waals surface area contributed by atoms with Gasteiger partial charge in [-0.2, -0.15) is 13.2 Å². The molecule has 2 aromatic carbocycles. The molecule has 2 amide bonds. The summed E-state index contributed by atoms with van der Waals surface area (Å²) in [5, 5.41) is 0. The Kier molecular flexibility index (Phi) is 6.54. The second kappa shape index (κ2) is 9.11. The summed E-state index contributed by atoms with van der Waals surface area (Å²) in [5.41, 5.74) is 0.555. The lowest BCUT2D eigenvalue weighted by Gasteiger charge is -2.31. The van der Waals surface area contributed by atoms with Crippen LogP contribution in [0.2, 0.25) is 0 Å². The molecule has 5 nitrogen and oxygen atoms in total. The van der Waals surface area contributed by atoms with Crippen molar-refractivity contribution in [1.29, 1.82) is 0 Å². The van der Waals surface area contributed by atoms with Crippen LogP contribution in [-0.4, -0.2) is 34.9 Å². The fraction of sp³-hybridized carbons (Fsp3) is 0.318. The third kappa shape index (κ3) is 5.46. The summed E-state index contributed by atoms with van der Waals surface area (Å²) in [6.45, 7) is -0.201. The van der Waals surface area contributed by atoms with Gasteiger partial charge in [0.05, 0.1) is 6.42 Å². The number of carbonyl (C=O) groups is 3. The quantitative estimate of drug-likeness (QED) is 0.500. The van der Waals surface area contributed by atoms with Crippen LogP contribution in [0.3, 0.4) is 0 Å². The number of hydrogen-bond donors (Lipinski definition) is 0. The number of nitrogens with zero attached hydrogens (tertiary/aromatic N) is 1. The van der Waals surface area contributed by atoms with Crippen molar-refractivity contribution in [2.45, 2.75) is 38.1 Å². The summed E-state index contributed by atoms with van der Waals surface area (Å²) in [7, 11) is 0. The number of halogens is 3. The molecule has 0 aliphatic heterocycles. The molecule has 0 heterocycles. The molecular formula is C22H20F3NO4. The van der Waals surface area contributed by atoms with Gasteiger partial charge in [0.15, 0.2) is 0 Å². The van der Waals surface area contributed by atoms with E-state index in [0.717, 1.165) is 0 Å². The Morgan fingerprint density at radius 2 is 1.53 bits per heavy atom. The molecule has 0 saturated heterocycles. The molecule has 1 aliphatic rings. The number of alkyl halides is 3. The molecule has 0 N–H and O–H groups in total. The molecule has 1 aliphatic carbocycles. The predicted octanol–water partition coefficient (Wildman–Crippen LogP) is 4.13. The van der Waals surface area contributed by atoms with Crippen LogP contribution in [0.25, 0.3) is 0 Å². The van der Waals surface area contributed by atoms with E-state index in [0.29, 0.717) is 18.4 Å². The first-order chi connectivity index (χ1) is 14.3. The van der Waals surface area contributed by atoms with Gasteiger partial charge in [-0.15, -0.1) is 0 Å². The number of hydrogen-bond acceptors (Lipinski definition) is 4. The Labute approximate surface area is 171 Å². The van der Waals surface area contributed by atoms with Gasteiger partial charge >= 0.3 is 12.1 Å². The molecule has 0 radical (unpaired) electrons. The number of carbonyl (C=O) groups excluding carboxylic acids is 3. The molecule has 0 bridgehead atoms. The summed E-state index contributed by atoms with van der Waals surface area (Å²) < 4.78 is 46.5. The number of esters is 1. The first kappa shape index (κ1) is 21.5. The number of rotatable bonds is 7. The Hall–Kier alpha value is -3.16. The molecule has 0 spiro atoms. The van der Waals surface area contributed by atoms with Gasteiger partial charge in [-0.05, 0) is 30.5 Å². The van der Waals surface area contributed by atoms with Crippen LogP contribution in [0.1, 0.15) is 35.2 Å². The van der Waals surface area contributed by atoms with Crippen molar-refractivity contribution in [3.05, 3.63) is 71.8 Å². The summed E-state index contributed by atoms with van der Waals surface area (Å²) in [4.78, 5) is 37.8. The summed E-state index contributed by atoms with van der Waals surface area (Å²) in [5.74, 6) is -3.77. The van der Waals surface area contributed by atoms with E-state index < -0.39 is 42.3 Å². The van der Waals surface area contributed by atoms with Gasteiger partial charge < -0.3 is 4.74 Å². The minimum atomic E-state index is -4.99. The monoisotopic (exact) mass is 419 g/mol. The normalized spacial score (nSPS) is 14.6. The smallest absolute Gasteiger partial charge is 0.409 e. The molecule has 2 aromatic rings. The van der Waals surface area contributed by atoms with E-state index in [2.05, 4.69) is 0 Å². The van der Waals surface area contributed by atoms with E-state index >= 15 is 0 Å².